The fourth-order valence-corrected chi connectivity index (χ4v) is 5.20. The van der Waals surface area contributed by atoms with Crippen molar-refractivity contribution in [3.63, 3.8) is 0 Å². The van der Waals surface area contributed by atoms with Gasteiger partial charge in [-0.15, -0.1) is 0 Å². The number of hydrogen-bond donors (Lipinski definition) is 0. The predicted molar refractivity (Wildman–Crippen MR) is 182 cm³/mol. The van der Waals surface area contributed by atoms with E-state index in [0.717, 1.165) is 32.8 Å². The van der Waals surface area contributed by atoms with Crippen LogP contribution in [0.4, 0.5) is 0 Å². The van der Waals surface area contributed by atoms with Gasteiger partial charge in [0.1, 0.15) is 16.9 Å². The number of pyridine rings is 3. The Labute approximate surface area is 276 Å². The van der Waals surface area contributed by atoms with E-state index in [2.05, 4.69) is 15.0 Å². The first-order valence-electron chi connectivity index (χ1n) is 15.0. The average Bonchev–Trinajstić information content (AvgIpc) is 3.69. The molecule has 0 atom stereocenters. The summed E-state index contributed by atoms with van der Waals surface area (Å²) in [6.07, 6.45) is 9.73. The molecule has 0 amide bonds. The highest BCUT2D eigenvalue weighted by Crippen LogP contribution is 2.23. The summed E-state index contributed by atoms with van der Waals surface area (Å²) in [5.74, 6) is -0.608. The molecule has 0 aliphatic carbocycles. The van der Waals surface area contributed by atoms with Crippen LogP contribution in [0.25, 0.3) is 33.1 Å². The van der Waals surface area contributed by atoms with E-state index in [1.807, 2.05) is 39.0 Å². The standard InChI is InChI=1S/3C12H12N2O2/c3*1-7-4-10-11(8(2)15)6-14(9(3)16)12(10)13-5-7/h3*4-6H,1-3H3. The maximum absolute atomic E-state index is 11.5. The smallest absolute Gasteiger partial charge is 0.229 e. The number of fused-ring (bicyclic) bond motifs is 3. The molecule has 0 saturated carbocycles. The second-order valence-electron chi connectivity index (χ2n) is 11.6. The van der Waals surface area contributed by atoms with Crippen molar-refractivity contribution in [1.82, 2.24) is 28.7 Å². The van der Waals surface area contributed by atoms with E-state index in [1.54, 1.807) is 37.2 Å². The van der Waals surface area contributed by atoms with Gasteiger partial charge in [0, 0.05) is 90.8 Å². The molecule has 0 aliphatic heterocycles. The molecule has 6 heterocycles. The third-order valence-corrected chi connectivity index (χ3v) is 7.50. The molecule has 6 rings (SSSR count). The number of aryl methyl sites for hydroxylation is 3. The lowest BCUT2D eigenvalue weighted by Gasteiger charge is -1.98. The number of carbonyl (C=O) groups is 6. The maximum Gasteiger partial charge on any atom is 0.229 e. The molecule has 12 nitrogen and oxygen atoms in total. The van der Waals surface area contributed by atoms with Crippen molar-refractivity contribution in [3.05, 3.63) is 88.8 Å². The van der Waals surface area contributed by atoms with Crippen molar-refractivity contribution in [1.29, 1.82) is 0 Å². The highest BCUT2D eigenvalue weighted by Gasteiger charge is 2.17. The molecule has 0 saturated heterocycles. The molecule has 0 aliphatic rings. The summed E-state index contributed by atoms with van der Waals surface area (Å²) in [4.78, 5) is 81.1. The fraction of sp³-hybridized carbons (Fsp3) is 0.250. The van der Waals surface area contributed by atoms with E-state index in [0.29, 0.717) is 33.6 Å². The van der Waals surface area contributed by atoms with Gasteiger partial charge in [0.2, 0.25) is 17.7 Å². The van der Waals surface area contributed by atoms with Gasteiger partial charge in [-0.2, -0.15) is 0 Å². The van der Waals surface area contributed by atoms with E-state index in [4.69, 9.17) is 0 Å². The molecular formula is C36H36N6O6. The van der Waals surface area contributed by atoms with Crippen LogP contribution in [-0.4, -0.2) is 63.7 Å². The fourth-order valence-electron chi connectivity index (χ4n) is 5.20. The molecule has 48 heavy (non-hydrogen) atoms. The van der Waals surface area contributed by atoms with Gasteiger partial charge < -0.3 is 0 Å². The van der Waals surface area contributed by atoms with Crippen LogP contribution in [0.1, 0.15) is 104 Å². The summed E-state index contributed by atoms with van der Waals surface area (Å²) < 4.78 is 4.22. The Morgan fingerprint density at radius 1 is 0.438 bits per heavy atom. The number of hydrogen-bond acceptors (Lipinski definition) is 9. The maximum atomic E-state index is 11.5. The second kappa shape index (κ2) is 13.8. The average molecular weight is 649 g/mol. The first kappa shape index (κ1) is 35.0. The zero-order valence-corrected chi connectivity index (χ0v) is 28.3. The summed E-state index contributed by atoms with van der Waals surface area (Å²) in [5, 5.41) is 2.22. The van der Waals surface area contributed by atoms with Crippen LogP contribution in [-0.2, 0) is 0 Å². The SMILES string of the molecule is CC(=O)c1cn(C(C)=O)c2ncc(C)cc12.CC(=O)c1cn(C(C)=O)c2ncc(C)cc12.CC(=O)c1cn(C(C)=O)c2ncc(C)cc12. The molecular weight excluding hydrogens is 612 g/mol. The number of carbonyl (C=O) groups excluding carboxylic acids is 6. The second-order valence-corrected chi connectivity index (χ2v) is 11.6. The van der Waals surface area contributed by atoms with Crippen LogP contribution in [0.2, 0.25) is 0 Å². The number of Topliss-reactive ketones (excluding diaryl/α,β-unsaturated/α-hetero) is 3. The minimum Gasteiger partial charge on any atom is -0.294 e. The zero-order chi connectivity index (χ0) is 35.6. The van der Waals surface area contributed by atoms with Gasteiger partial charge in [-0.3, -0.25) is 42.5 Å². The Morgan fingerprint density at radius 3 is 0.854 bits per heavy atom. The first-order chi connectivity index (χ1) is 22.5. The molecule has 0 radical (unpaired) electrons. The number of nitrogens with zero attached hydrogens (tertiary/aromatic N) is 6. The lowest BCUT2D eigenvalue weighted by Crippen LogP contribution is -2.04. The highest BCUT2D eigenvalue weighted by atomic mass is 16.2. The minimum atomic E-state index is -0.145. The quantitative estimate of drug-likeness (QED) is 0.192. The predicted octanol–water partition coefficient (Wildman–Crippen LogP) is 6.62. The van der Waals surface area contributed by atoms with Crippen molar-refractivity contribution in [2.24, 2.45) is 0 Å². The normalized spacial score (nSPS) is 10.7. The van der Waals surface area contributed by atoms with Gasteiger partial charge in [-0.05, 0) is 76.4 Å². The van der Waals surface area contributed by atoms with Crippen LogP contribution in [0, 0.1) is 20.8 Å². The lowest BCUT2D eigenvalue weighted by molar-refractivity contribution is 0.0931. The van der Waals surface area contributed by atoms with Crippen LogP contribution in [0.3, 0.4) is 0 Å². The van der Waals surface area contributed by atoms with Gasteiger partial charge in [0.25, 0.3) is 0 Å². The molecule has 0 N–H and O–H groups in total. The largest absolute Gasteiger partial charge is 0.294 e. The Balaban J connectivity index is 0.000000163. The highest BCUT2D eigenvalue weighted by molar-refractivity contribution is 6.10. The Bertz CT molecular complexity index is 2050. The van der Waals surface area contributed by atoms with Gasteiger partial charge in [-0.25, -0.2) is 15.0 Å². The van der Waals surface area contributed by atoms with Crippen molar-refractivity contribution < 1.29 is 28.8 Å². The summed E-state index contributed by atoms with van der Waals surface area (Å²) in [5.41, 5.74) is 6.17. The van der Waals surface area contributed by atoms with Crippen LogP contribution >= 0.6 is 0 Å². The van der Waals surface area contributed by atoms with E-state index in [9.17, 15) is 28.8 Å². The van der Waals surface area contributed by atoms with Crippen molar-refractivity contribution >= 4 is 68.2 Å². The molecule has 246 valence electrons. The Kier molecular flexibility index (Phi) is 10.1. The minimum absolute atomic E-state index is 0.0580. The van der Waals surface area contributed by atoms with Gasteiger partial charge in [0.05, 0.1) is 0 Å². The third-order valence-electron chi connectivity index (χ3n) is 7.50. The van der Waals surface area contributed by atoms with Crippen LogP contribution in [0.5, 0.6) is 0 Å². The molecule has 6 aromatic heterocycles. The van der Waals surface area contributed by atoms with Crippen molar-refractivity contribution in [2.45, 2.75) is 62.3 Å². The number of rotatable bonds is 3. The zero-order valence-electron chi connectivity index (χ0n) is 28.3. The van der Waals surface area contributed by atoms with E-state index in [1.165, 1.54) is 55.2 Å². The summed E-state index contributed by atoms with van der Waals surface area (Å²) in [6, 6.07) is 5.62. The third kappa shape index (κ3) is 7.07. The van der Waals surface area contributed by atoms with E-state index < -0.39 is 0 Å². The molecule has 0 unspecified atom stereocenters. The monoisotopic (exact) mass is 648 g/mol. The summed E-state index contributed by atoms with van der Waals surface area (Å²) in [7, 11) is 0. The van der Waals surface area contributed by atoms with Crippen molar-refractivity contribution in [3.8, 4) is 0 Å². The molecule has 0 fully saturated rings. The van der Waals surface area contributed by atoms with Crippen LogP contribution < -0.4 is 0 Å². The Morgan fingerprint density at radius 2 is 0.667 bits per heavy atom. The topological polar surface area (TPSA) is 156 Å². The summed E-state index contributed by atoms with van der Waals surface area (Å²) >= 11 is 0. The number of ketones is 3. The van der Waals surface area contributed by atoms with Crippen molar-refractivity contribution in [2.75, 3.05) is 0 Å². The Hall–Kier alpha value is -5.91. The van der Waals surface area contributed by atoms with Gasteiger partial charge in [0.15, 0.2) is 17.3 Å². The van der Waals surface area contributed by atoms with E-state index in [-0.39, 0.29) is 35.1 Å². The van der Waals surface area contributed by atoms with Gasteiger partial charge >= 0.3 is 0 Å². The van der Waals surface area contributed by atoms with E-state index >= 15 is 0 Å². The molecule has 0 aromatic carbocycles. The summed E-state index contributed by atoms with van der Waals surface area (Å²) in [6.45, 7) is 14.5. The molecule has 12 heteroatoms. The molecule has 0 spiro atoms. The molecule has 0 bridgehead atoms. The number of aromatic nitrogens is 6. The lowest BCUT2D eigenvalue weighted by atomic mass is 10.1. The molecule has 6 aromatic rings. The first-order valence-corrected chi connectivity index (χ1v) is 15.0. The van der Waals surface area contributed by atoms with Crippen LogP contribution in [0.15, 0.2) is 55.4 Å². The van der Waals surface area contributed by atoms with Gasteiger partial charge in [-0.1, -0.05) is 0 Å².